The van der Waals surface area contributed by atoms with Crippen LogP contribution in [0.5, 0.6) is 0 Å². The first kappa shape index (κ1) is 14.0. The number of carbonyl (C=O) groups is 1. The molecule has 4 heteroatoms. The largest absolute Gasteiger partial charge is 0.352 e. The van der Waals surface area contributed by atoms with E-state index in [9.17, 15) is 4.79 Å². The molecule has 1 aromatic heterocycles. The van der Waals surface area contributed by atoms with Crippen molar-refractivity contribution < 1.29 is 4.79 Å². The van der Waals surface area contributed by atoms with Crippen LogP contribution in [-0.4, -0.2) is 16.9 Å². The number of pyridine rings is 1. The number of hydrogen-bond donors (Lipinski definition) is 2. The number of nitrogens with zero attached hydrogens (tertiary/aromatic N) is 1. The molecular formula is C17H21N3O. The Bertz CT molecular complexity index is 635. The number of amides is 1. The standard InChI is InChI=1S/C17H21N3O/c18-15-8-2-5-13(10-15)17(21)20-11-14-6-1-4-12-7-3-9-19-16(12)14/h1,3-4,6-7,9,13,15H,2,5,8,10-11,18H2,(H,20,21). The molecule has 21 heavy (non-hydrogen) atoms. The Kier molecular flexibility index (Phi) is 4.15. The van der Waals surface area contributed by atoms with Crippen LogP contribution in [0, 0.1) is 5.92 Å². The summed E-state index contributed by atoms with van der Waals surface area (Å²) in [5.74, 6) is 0.190. The van der Waals surface area contributed by atoms with Crippen LogP contribution in [0.15, 0.2) is 36.5 Å². The first-order chi connectivity index (χ1) is 10.2. The van der Waals surface area contributed by atoms with E-state index in [1.54, 1.807) is 6.20 Å². The average Bonchev–Trinajstić information content (AvgIpc) is 2.52. The summed E-state index contributed by atoms with van der Waals surface area (Å²) < 4.78 is 0. The second kappa shape index (κ2) is 6.22. The second-order valence-corrected chi connectivity index (χ2v) is 5.83. The number of nitrogens with two attached hydrogens (primary N) is 1. The first-order valence-electron chi connectivity index (χ1n) is 7.60. The molecule has 0 spiro atoms. The summed E-state index contributed by atoms with van der Waals surface area (Å²) in [6, 6.07) is 10.2. The molecule has 2 unspecified atom stereocenters. The van der Waals surface area contributed by atoms with Crippen molar-refractivity contribution in [3.05, 3.63) is 42.1 Å². The molecule has 0 saturated heterocycles. The summed E-state index contributed by atoms with van der Waals surface area (Å²) in [5.41, 5.74) is 7.97. The zero-order valence-corrected chi connectivity index (χ0v) is 12.1. The molecule has 1 aliphatic carbocycles. The van der Waals surface area contributed by atoms with Gasteiger partial charge in [0.1, 0.15) is 0 Å². The third kappa shape index (κ3) is 3.22. The highest BCUT2D eigenvalue weighted by molar-refractivity contribution is 5.83. The molecule has 0 aliphatic heterocycles. The summed E-state index contributed by atoms with van der Waals surface area (Å²) in [4.78, 5) is 16.7. The van der Waals surface area contributed by atoms with Crippen molar-refractivity contribution in [2.75, 3.05) is 0 Å². The Morgan fingerprint density at radius 1 is 1.29 bits per heavy atom. The van der Waals surface area contributed by atoms with E-state index in [4.69, 9.17) is 5.73 Å². The number of hydrogen-bond acceptors (Lipinski definition) is 3. The zero-order chi connectivity index (χ0) is 14.7. The highest BCUT2D eigenvalue weighted by atomic mass is 16.1. The lowest BCUT2D eigenvalue weighted by Crippen LogP contribution is -2.37. The van der Waals surface area contributed by atoms with E-state index in [1.807, 2.05) is 30.3 Å². The molecule has 1 amide bonds. The minimum absolute atomic E-state index is 0.0664. The van der Waals surface area contributed by atoms with Gasteiger partial charge >= 0.3 is 0 Å². The van der Waals surface area contributed by atoms with Gasteiger partial charge in [-0.1, -0.05) is 30.7 Å². The molecule has 3 N–H and O–H groups in total. The minimum atomic E-state index is 0.0664. The minimum Gasteiger partial charge on any atom is -0.352 e. The summed E-state index contributed by atoms with van der Waals surface area (Å²) in [6.07, 6.45) is 5.63. The van der Waals surface area contributed by atoms with Crippen LogP contribution in [0.25, 0.3) is 10.9 Å². The van der Waals surface area contributed by atoms with Crippen LogP contribution in [0.1, 0.15) is 31.2 Å². The van der Waals surface area contributed by atoms with E-state index >= 15 is 0 Å². The van der Waals surface area contributed by atoms with E-state index in [0.717, 1.165) is 42.1 Å². The van der Waals surface area contributed by atoms with Crippen LogP contribution < -0.4 is 11.1 Å². The molecule has 1 heterocycles. The third-order valence-corrected chi connectivity index (χ3v) is 4.25. The van der Waals surface area contributed by atoms with Crippen LogP contribution in [0.4, 0.5) is 0 Å². The van der Waals surface area contributed by atoms with Gasteiger partial charge in [0.25, 0.3) is 0 Å². The van der Waals surface area contributed by atoms with Gasteiger partial charge in [0.2, 0.25) is 5.91 Å². The van der Waals surface area contributed by atoms with Gasteiger partial charge in [-0.3, -0.25) is 9.78 Å². The number of aromatic nitrogens is 1. The normalized spacial score (nSPS) is 22.1. The number of carbonyl (C=O) groups excluding carboxylic acids is 1. The summed E-state index contributed by atoms with van der Waals surface area (Å²) >= 11 is 0. The van der Waals surface area contributed by atoms with Crippen LogP contribution >= 0.6 is 0 Å². The van der Waals surface area contributed by atoms with E-state index in [0.29, 0.717) is 6.54 Å². The van der Waals surface area contributed by atoms with Crippen molar-refractivity contribution in [1.82, 2.24) is 10.3 Å². The monoisotopic (exact) mass is 283 g/mol. The Labute approximate surface area is 124 Å². The Hall–Kier alpha value is -1.94. The lowest BCUT2D eigenvalue weighted by molar-refractivity contribution is -0.126. The molecular weight excluding hydrogens is 262 g/mol. The molecule has 1 aliphatic rings. The Morgan fingerprint density at radius 2 is 2.14 bits per heavy atom. The Morgan fingerprint density at radius 3 is 3.00 bits per heavy atom. The Balaban J connectivity index is 1.67. The lowest BCUT2D eigenvalue weighted by Gasteiger charge is -2.25. The highest BCUT2D eigenvalue weighted by Gasteiger charge is 2.25. The van der Waals surface area contributed by atoms with Crippen molar-refractivity contribution in [2.45, 2.75) is 38.3 Å². The van der Waals surface area contributed by atoms with E-state index in [1.165, 1.54) is 0 Å². The molecule has 2 atom stereocenters. The van der Waals surface area contributed by atoms with Gasteiger partial charge in [0.15, 0.2) is 0 Å². The summed E-state index contributed by atoms with van der Waals surface area (Å²) in [6.45, 7) is 0.527. The second-order valence-electron chi connectivity index (χ2n) is 5.83. The van der Waals surface area contributed by atoms with Crippen molar-refractivity contribution >= 4 is 16.8 Å². The maximum absolute atomic E-state index is 12.3. The van der Waals surface area contributed by atoms with E-state index in [2.05, 4.69) is 10.3 Å². The molecule has 0 bridgehead atoms. The maximum Gasteiger partial charge on any atom is 0.223 e. The fourth-order valence-corrected chi connectivity index (χ4v) is 3.10. The van der Waals surface area contributed by atoms with Gasteiger partial charge in [-0.05, 0) is 30.9 Å². The summed E-state index contributed by atoms with van der Waals surface area (Å²) in [7, 11) is 0. The summed E-state index contributed by atoms with van der Waals surface area (Å²) in [5, 5.41) is 4.15. The van der Waals surface area contributed by atoms with Crippen LogP contribution in [0.2, 0.25) is 0 Å². The molecule has 3 rings (SSSR count). The predicted molar refractivity (Wildman–Crippen MR) is 83.5 cm³/mol. The molecule has 2 aromatic rings. The predicted octanol–water partition coefficient (Wildman–Crippen LogP) is 2.37. The molecule has 1 saturated carbocycles. The highest BCUT2D eigenvalue weighted by Crippen LogP contribution is 2.23. The smallest absolute Gasteiger partial charge is 0.223 e. The number of fused-ring (bicyclic) bond motifs is 1. The fraction of sp³-hybridized carbons (Fsp3) is 0.412. The van der Waals surface area contributed by atoms with Gasteiger partial charge < -0.3 is 11.1 Å². The topological polar surface area (TPSA) is 68.0 Å². The molecule has 4 nitrogen and oxygen atoms in total. The molecule has 1 fully saturated rings. The fourth-order valence-electron chi connectivity index (χ4n) is 3.10. The first-order valence-corrected chi connectivity index (χ1v) is 7.60. The third-order valence-electron chi connectivity index (χ3n) is 4.25. The van der Waals surface area contributed by atoms with Gasteiger partial charge in [0.05, 0.1) is 5.52 Å². The van der Waals surface area contributed by atoms with E-state index < -0.39 is 0 Å². The number of para-hydroxylation sites is 1. The average molecular weight is 283 g/mol. The molecule has 110 valence electrons. The number of benzene rings is 1. The maximum atomic E-state index is 12.3. The zero-order valence-electron chi connectivity index (χ0n) is 12.1. The van der Waals surface area contributed by atoms with Crippen LogP contribution in [0.3, 0.4) is 0 Å². The van der Waals surface area contributed by atoms with Gasteiger partial charge in [-0.25, -0.2) is 0 Å². The quantitative estimate of drug-likeness (QED) is 0.908. The van der Waals surface area contributed by atoms with Gasteiger partial charge in [0, 0.05) is 30.1 Å². The molecule has 0 radical (unpaired) electrons. The van der Waals surface area contributed by atoms with Crippen molar-refractivity contribution in [3.63, 3.8) is 0 Å². The lowest BCUT2D eigenvalue weighted by atomic mass is 9.85. The van der Waals surface area contributed by atoms with Crippen molar-refractivity contribution in [2.24, 2.45) is 11.7 Å². The van der Waals surface area contributed by atoms with Gasteiger partial charge in [-0.15, -0.1) is 0 Å². The van der Waals surface area contributed by atoms with Gasteiger partial charge in [-0.2, -0.15) is 0 Å². The van der Waals surface area contributed by atoms with Crippen molar-refractivity contribution in [1.29, 1.82) is 0 Å². The number of rotatable bonds is 3. The van der Waals surface area contributed by atoms with Crippen molar-refractivity contribution in [3.8, 4) is 0 Å². The number of nitrogens with one attached hydrogen (secondary N) is 1. The molecule has 1 aromatic carbocycles. The van der Waals surface area contributed by atoms with E-state index in [-0.39, 0.29) is 17.9 Å². The SMILES string of the molecule is NC1CCCC(C(=O)NCc2cccc3cccnc23)C1. The van der Waals surface area contributed by atoms with Crippen LogP contribution in [-0.2, 0) is 11.3 Å².